The third kappa shape index (κ3) is 2.03. The lowest BCUT2D eigenvalue weighted by atomic mass is 9.84. The summed E-state index contributed by atoms with van der Waals surface area (Å²) in [4.78, 5) is 4.29. The first-order chi connectivity index (χ1) is 6.74. The van der Waals surface area contributed by atoms with Crippen LogP contribution >= 0.6 is 23.3 Å². The lowest BCUT2D eigenvalue weighted by molar-refractivity contribution is 0.380. The fourth-order valence-electron chi connectivity index (χ4n) is 1.63. The first-order valence-electron chi connectivity index (χ1n) is 4.83. The zero-order valence-corrected chi connectivity index (χ0v) is 10.2. The van der Waals surface area contributed by atoms with Crippen LogP contribution in [0.3, 0.4) is 0 Å². The molecule has 1 saturated carbocycles. The van der Waals surface area contributed by atoms with Gasteiger partial charge >= 0.3 is 0 Å². The summed E-state index contributed by atoms with van der Waals surface area (Å²) >= 11 is 3.43. The summed E-state index contributed by atoms with van der Waals surface area (Å²) in [5, 5.41) is 4.34. The van der Waals surface area contributed by atoms with Crippen LogP contribution in [0.2, 0.25) is 0 Å². The predicted molar refractivity (Wildman–Crippen MR) is 63.2 cm³/mol. The summed E-state index contributed by atoms with van der Waals surface area (Å²) in [6, 6.07) is 0. The molecule has 0 radical (unpaired) electrons. The lowest BCUT2D eigenvalue weighted by Gasteiger charge is -2.40. The molecule has 0 saturated heterocycles. The fourth-order valence-corrected chi connectivity index (χ4v) is 3.11. The van der Waals surface area contributed by atoms with Gasteiger partial charge in [-0.05, 0) is 26.0 Å². The topological polar surface area (TPSA) is 37.8 Å². The van der Waals surface area contributed by atoms with Crippen LogP contribution in [0.4, 0.5) is 5.13 Å². The van der Waals surface area contributed by atoms with E-state index in [-0.39, 0.29) is 0 Å². The number of aromatic nitrogens is 2. The number of rotatable bonds is 4. The van der Waals surface area contributed by atoms with Crippen LogP contribution in [0, 0.1) is 6.92 Å². The second-order valence-corrected chi connectivity index (χ2v) is 5.77. The van der Waals surface area contributed by atoms with Crippen molar-refractivity contribution in [3.8, 4) is 0 Å². The molecule has 1 aromatic heterocycles. The van der Waals surface area contributed by atoms with Crippen LogP contribution in [0.25, 0.3) is 0 Å². The van der Waals surface area contributed by atoms with Gasteiger partial charge in [-0.3, -0.25) is 0 Å². The second-order valence-electron chi connectivity index (χ2n) is 3.74. The number of aryl methyl sites for hydroxylation is 1. The van der Waals surface area contributed by atoms with Gasteiger partial charge in [-0.1, -0.05) is 6.42 Å². The van der Waals surface area contributed by atoms with E-state index in [0.717, 1.165) is 17.5 Å². The summed E-state index contributed by atoms with van der Waals surface area (Å²) in [5.41, 5.74) is 0. The molecule has 0 bridgehead atoms. The van der Waals surface area contributed by atoms with Gasteiger partial charge in [0.2, 0.25) is 5.13 Å². The van der Waals surface area contributed by atoms with Gasteiger partial charge in [-0.2, -0.15) is 16.1 Å². The van der Waals surface area contributed by atoms with Gasteiger partial charge in [-0.25, -0.2) is 4.98 Å². The monoisotopic (exact) mass is 229 g/mol. The fraction of sp³-hybridized carbons (Fsp3) is 0.778. The molecule has 14 heavy (non-hydrogen) atoms. The number of thioether (sulfide) groups is 1. The van der Waals surface area contributed by atoms with Gasteiger partial charge in [0, 0.05) is 22.8 Å². The zero-order valence-electron chi connectivity index (χ0n) is 8.54. The van der Waals surface area contributed by atoms with Crippen molar-refractivity contribution in [2.75, 3.05) is 18.1 Å². The van der Waals surface area contributed by atoms with E-state index in [9.17, 15) is 0 Å². The molecular weight excluding hydrogens is 214 g/mol. The third-order valence-electron chi connectivity index (χ3n) is 2.79. The summed E-state index contributed by atoms with van der Waals surface area (Å²) in [7, 11) is 0. The molecule has 0 spiro atoms. The summed E-state index contributed by atoms with van der Waals surface area (Å²) in [5.74, 6) is 0.865. The summed E-state index contributed by atoms with van der Waals surface area (Å²) < 4.78 is 4.62. The molecule has 78 valence electrons. The van der Waals surface area contributed by atoms with Crippen molar-refractivity contribution in [2.24, 2.45) is 0 Å². The zero-order chi connectivity index (χ0) is 10.0. The van der Waals surface area contributed by atoms with Crippen LogP contribution in [0.15, 0.2) is 0 Å². The van der Waals surface area contributed by atoms with Crippen LogP contribution in [0.5, 0.6) is 0 Å². The molecule has 1 aliphatic rings. The highest BCUT2D eigenvalue weighted by Gasteiger charge is 2.35. The molecule has 1 N–H and O–H groups in total. The Morgan fingerprint density at radius 1 is 1.57 bits per heavy atom. The highest BCUT2D eigenvalue weighted by atomic mass is 32.2. The molecule has 1 aliphatic carbocycles. The second kappa shape index (κ2) is 4.06. The Kier molecular flexibility index (Phi) is 2.97. The smallest absolute Gasteiger partial charge is 0.202 e. The molecule has 0 unspecified atom stereocenters. The van der Waals surface area contributed by atoms with Crippen molar-refractivity contribution < 1.29 is 0 Å². The third-order valence-corrected chi connectivity index (χ3v) is 4.97. The van der Waals surface area contributed by atoms with E-state index in [4.69, 9.17) is 0 Å². The maximum Gasteiger partial charge on any atom is 0.202 e. The largest absolute Gasteiger partial charge is 0.359 e. The quantitative estimate of drug-likeness (QED) is 0.861. The minimum absolute atomic E-state index is 0.472. The van der Waals surface area contributed by atoms with Gasteiger partial charge in [-0.15, -0.1) is 0 Å². The highest BCUT2D eigenvalue weighted by Crippen LogP contribution is 2.42. The molecule has 0 amide bonds. The van der Waals surface area contributed by atoms with E-state index >= 15 is 0 Å². The Labute approximate surface area is 92.9 Å². The van der Waals surface area contributed by atoms with Crippen molar-refractivity contribution in [2.45, 2.75) is 30.9 Å². The predicted octanol–water partition coefficient (Wildman–Crippen LogP) is 2.54. The molecule has 0 atom stereocenters. The molecule has 0 aromatic carbocycles. The average molecular weight is 229 g/mol. The number of hydrogen-bond acceptors (Lipinski definition) is 5. The molecule has 1 fully saturated rings. The van der Waals surface area contributed by atoms with Crippen molar-refractivity contribution >= 4 is 28.4 Å². The van der Waals surface area contributed by atoms with E-state index in [2.05, 4.69) is 20.9 Å². The maximum atomic E-state index is 4.29. The minimum atomic E-state index is 0.472. The highest BCUT2D eigenvalue weighted by molar-refractivity contribution is 8.00. The van der Waals surface area contributed by atoms with Crippen LogP contribution < -0.4 is 5.32 Å². The maximum absolute atomic E-state index is 4.29. The molecule has 1 aromatic rings. The Hall–Kier alpha value is -0.290. The van der Waals surface area contributed by atoms with Crippen LogP contribution in [-0.4, -0.2) is 26.9 Å². The molecule has 5 heteroatoms. The van der Waals surface area contributed by atoms with Gasteiger partial charge in [0.05, 0.1) is 0 Å². The SMILES string of the molecule is CSC1(CNc2nc(C)ns2)CCC1. The Morgan fingerprint density at radius 3 is 2.79 bits per heavy atom. The number of anilines is 1. The van der Waals surface area contributed by atoms with Gasteiger partial charge in [0.25, 0.3) is 0 Å². The average Bonchev–Trinajstić information content (AvgIpc) is 2.50. The van der Waals surface area contributed by atoms with Crippen molar-refractivity contribution in [3.05, 3.63) is 5.82 Å². The van der Waals surface area contributed by atoms with E-state index in [1.165, 1.54) is 30.8 Å². The first-order valence-corrected chi connectivity index (χ1v) is 6.83. The van der Waals surface area contributed by atoms with Crippen LogP contribution in [-0.2, 0) is 0 Å². The van der Waals surface area contributed by atoms with E-state index in [1.807, 2.05) is 18.7 Å². The summed E-state index contributed by atoms with van der Waals surface area (Å²) in [6.45, 7) is 2.96. The standard InChI is InChI=1S/C9H15N3S2/c1-7-11-8(14-12-7)10-6-9(13-2)4-3-5-9/h3-6H2,1-2H3,(H,10,11,12). The minimum Gasteiger partial charge on any atom is -0.359 e. The first kappa shape index (κ1) is 10.2. The van der Waals surface area contributed by atoms with E-state index < -0.39 is 0 Å². The number of nitrogens with zero attached hydrogens (tertiary/aromatic N) is 2. The van der Waals surface area contributed by atoms with E-state index in [1.54, 1.807) is 0 Å². The summed E-state index contributed by atoms with van der Waals surface area (Å²) in [6.07, 6.45) is 6.24. The Morgan fingerprint density at radius 2 is 2.36 bits per heavy atom. The Bertz CT molecular complexity index is 301. The molecule has 0 aliphatic heterocycles. The molecule has 2 rings (SSSR count). The van der Waals surface area contributed by atoms with Crippen LogP contribution in [0.1, 0.15) is 25.1 Å². The van der Waals surface area contributed by atoms with Gasteiger partial charge in [0.1, 0.15) is 5.82 Å². The Balaban J connectivity index is 1.87. The lowest BCUT2D eigenvalue weighted by Crippen LogP contribution is -2.40. The number of nitrogens with one attached hydrogen (secondary N) is 1. The van der Waals surface area contributed by atoms with E-state index in [0.29, 0.717) is 4.75 Å². The van der Waals surface area contributed by atoms with Crippen molar-refractivity contribution in [1.29, 1.82) is 0 Å². The molecular formula is C9H15N3S2. The van der Waals surface area contributed by atoms with Gasteiger partial charge in [0.15, 0.2) is 0 Å². The number of hydrogen-bond donors (Lipinski definition) is 1. The normalized spacial score (nSPS) is 19.0. The van der Waals surface area contributed by atoms with Crippen molar-refractivity contribution in [1.82, 2.24) is 9.36 Å². The van der Waals surface area contributed by atoms with Crippen molar-refractivity contribution in [3.63, 3.8) is 0 Å². The van der Waals surface area contributed by atoms with Gasteiger partial charge < -0.3 is 5.32 Å². The molecule has 1 heterocycles. The molecule has 3 nitrogen and oxygen atoms in total.